The summed E-state index contributed by atoms with van der Waals surface area (Å²) in [6.07, 6.45) is 0. The van der Waals surface area contributed by atoms with Gasteiger partial charge >= 0.3 is 0 Å². The van der Waals surface area contributed by atoms with Crippen molar-refractivity contribution in [3.63, 3.8) is 0 Å². The van der Waals surface area contributed by atoms with Crippen LogP contribution in [0.2, 0.25) is 0 Å². The van der Waals surface area contributed by atoms with Crippen LogP contribution >= 0.6 is 0 Å². The lowest BCUT2D eigenvalue weighted by atomic mass is 10.0. The highest BCUT2D eigenvalue weighted by atomic mass is 32.2. The second-order valence-electron chi connectivity index (χ2n) is 6.44. The van der Waals surface area contributed by atoms with Crippen LogP contribution in [0.4, 0.5) is 11.4 Å². The molecular formula is C21H18N2O3S. The zero-order chi connectivity index (χ0) is 19.0. The highest BCUT2D eigenvalue weighted by Gasteiger charge is 2.35. The number of amides is 1. The molecule has 5 nitrogen and oxygen atoms in total. The lowest BCUT2D eigenvalue weighted by Gasteiger charge is -2.31. The van der Waals surface area contributed by atoms with E-state index in [2.05, 4.69) is 5.32 Å². The molecule has 6 heteroatoms. The molecule has 0 bridgehead atoms. The Kier molecular flexibility index (Phi) is 4.20. The van der Waals surface area contributed by atoms with E-state index in [0.29, 0.717) is 16.9 Å². The molecule has 0 unspecified atom stereocenters. The summed E-state index contributed by atoms with van der Waals surface area (Å²) >= 11 is 0. The number of anilines is 2. The number of hydrogen-bond acceptors (Lipinski definition) is 3. The highest BCUT2D eigenvalue weighted by Crippen LogP contribution is 2.43. The van der Waals surface area contributed by atoms with Crippen molar-refractivity contribution in [2.45, 2.75) is 11.8 Å². The fourth-order valence-electron chi connectivity index (χ4n) is 3.27. The van der Waals surface area contributed by atoms with E-state index >= 15 is 0 Å². The van der Waals surface area contributed by atoms with Gasteiger partial charge in [-0.15, -0.1) is 0 Å². The predicted molar refractivity (Wildman–Crippen MR) is 106 cm³/mol. The normalized spacial score (nSPS) is 14.2. The van der Waals surface area contributed by atoms with E-state index in [-0.39, 0.29) is 11.4 Å². The van der Waals surface area contributed by atoms with E-state index in [9.17, 15) is 13.2 Å². The Morgan fingerprint density at radius 3 is 2.41 bits per heavy atom. The molecule has 1 N–H and O–H groups in total. The average Bonchev–Trinajstić information content (AvgIpc) is 2.66. The second kappa shape index (κ2) is 6.55. The molecule has 3 aromatic rings. The number of benzene rings is 3. The summed E-state index contributed by atoms with van der Waals surface area (Å²) in [6, 6.07) is 21.4. The number of nitrogens with one attached hydrogen (secondary N) is 1. The maximum atomic E-state index is 13.2. The molecule has 0 aromatic heterocycles. The van der Waals surface area contributed by atoms with E-state index in [1.165, 1.54) is 4.31 Å². The molecule has 0 saturated heterocycles. The number of para-hydroxylation sites is 1. The van der Waals surface area contributed by atoms with Gasteiger partial charge in [-0.1, -0.05) is 48.0 Å². The Balaban J connectivity index is 1.76. The molecule has 1 heterocycles. The van der Waals surface area contributed by atoms with Crippen LogP contribution in [0.3, 0.4) is 0 Å². The number of aryl methyl sites for hydroxylation is 1. The fourth-order valence-corrected chi connectivity index (χ4v) is 4.92. The number of rotatable bonds is 3. The van der Waals surface area contributed by atoms with Crippen molar-refractivity contribution in [3.8, 4) is 11.1 Å². The van der Waals surface area contributed by atoms with Crippen LogP contribution < -0.4 is 9.62 Å². The summed E-state index contributed by atoms with van der Waals surface area (Å²) < 4.78 is 27.6. The van der Waals surface area contributed by atoms with Crippen LogP contribution in [0.5, 0.6) is 0 Å². The van der Waals surface area contributed by atoms with E-state index < -0.39 is 15.9 Å². The van der Waals surface area contributed by atoms with Crippen LogP contribution in [0, 0.1) is 6.92 Å². The Morgan fingerprint density at radius 1 is 0.926 bits per heavy atom. The summed E-state index contributed by atoms with van der Waals surface area (Å²) in [5, 5.41) is 2.75. The summed E-state index contributed by atoms with van der Waals surface area (Å²) in [7, 11) is -3.82. The topological polar surface area (TPSA) is 66.5 Å². The van der Waals surface area contributed by atoms with Gasteiger partial charge in [-0.2, -0.15) is 0 Å². The smallest absolute Gasteiger partial charge is 0.265 e. The van der Waals surface area contributed by atoms with E-state index in [1.54, 1.807) is 36.4 Å². The van der Waals surface area contributed by atoms with Gasteiger partial charge in [0.05, 0.1) is 10.6 Å². The molecule has 0 atom stereocenters. The largest absolute Gasteiger partial charge is 0.325 e. The van der Waals surface area contributed by atoms with Gasteiger partial charge in [-0.3, -0.25) is 9.10 Å². The van der Waals surface area contributed by atoms with Crippen LogP contribution in [-0.4, -0.2) is 20.9 Å². The summed E-state index contributed by atoms with van der Waals surface area (Å²) in [4.78, 5) is 12.8. The third kappa shape index (κ3) is 3.08. The summed E-state index contributed by atoms with van der Waals surface area (Å²) in [6.45, 7) is 1.67. The van der Waals surface area contributed by atoms with Gasteiger partial charge in [-0.05, 0) is 37.3 Å². The van der Waals surface area contributed by atoms with Crippen LogP contribution in [0.25, 0.3) is 11.1 Å². The predicted octanol–water partition coefficient (Wildman–Crippen LogP) is 3.81. The Bertz CT molecular complexity index is 1130. The maximum absolute atomic E-state index is 13.2. The Labute approximate surface area is 158 Å². The molecule has 1 aliphatic heterocycles. The first kappa shape index (κ1) is 17.3. The SMILES string of the molecule is Cc1ccc2c(c1)-c1ccccc1S(=O)(=O)N2CC(=O)Nc1ccccc1. The highest BCUT2D eigenvalue weighted by molar-refractivity contribution is 7.93. The summed E-state index contributed by atoms with van der Waals surface area (Å²) in [5.41, 5.74) is 3.64. The minimum atomic E-state index is -3.82. The minimum absolute atomic E-state index is 0.218. The van der Waals surface area contributed by atoms with Crippen LogP contribution in [0.1, 0.15) is 5.56 Å². The molecule has 1 aliphatic rings. The molecular weight excluding hydrogens is 360 g/mol. The first-order valence-electron chi connectivity index (χ1n) is 8.54. The Morgan fingerprint density at radius 2 is 1.63 bits per heavy atom. The van der Waals surface area contributed by atoms with Crippen molar-refractivity contribution in [1.29, 1.82) is 0 Å². The van der Waals surface area contributed by atoms with Gasteiger partial charge in [0.1, 0.15) is 6.54 Å². The number of hydrogen-bond donors (Lipinski definition) is 1. The number of fused-ring (bicyclic) bond motifs is 3. The first-order chi connectivity index (χ1) is 13.0. The van der Waals surface area contributed by atoms with Crippen LogP contribution in [0.15, 0.2) is 77.7 Å². The zero-order valence-electron chi connectivity index (χ0n) is 14.7. The average molecular weight is 378 g/mol. The van der Waals surface area contributed by atoms with E-state index in [1.807, 2.05) is 43.3 Å². The maximum Gasteiger partial charge on any atom is 0.265 e. The number of carbonyl (C=O) groups excluding carboxylic acids is 1. The van der Waals surface area contributed by atoms with Crippen molar-refractivity contribution < 1.29 is 13.2 Å². The number of nitrogens with zero attached hydrogens (tertiary/aromatic N) is 1. The molecule has 0 saturated carbocycles. The van der Waals surface area contributed by atoms with Gasteiger partial charge in [0, 0.05) is 16.8 Å². The van der Waals surface area contributed by atoms with Crippen molar-refractivity contribution in [1.82, 2.24) is 0 Å². The Hall–Kier alpha value is -3.12. The molecule has 0 aliphatic carbocycles. The molecule has 27 heavy (non-hydrogen) atoms. The molecule has 0 fully saturated rings. The molecule has 3 aromatic carbocycles. The van der Waals surface area contributed by atoms with Crippen molar-refractivity contribution in [3.05, 3.63) is 78.4 Å². The third-order valence-electron chi connectivity index (χ3n) is 4.51. The molecule has 1 amide bonds. The lowest BCUT2D eigenvalue weighted by molar-refractivity contribution is -0.114. The number of sulfonamides is 1. The molecule has 136 valence electrons. The van der Waals surface area contributed by atoms with E-state index in [4.69, 9.17) is 0 Å². The van der Waals surface area contributed by atoms with E-state index in [0.717, 1.165) is 11.1 Å². The van der Waals surface area contributed by atoms with Crippen LogP contribution in [-0.2, 0) is 14.8 Å². The number of carbonyl (C=O) groups is 1. The molecule has 4 rings (SSSR count). The van der Waals surface area contributed by atoms with Gasteiger partial charge in [0.25, 0.3) is 10.0 Å². The van der Waals surface area contributed by atoms with Gasteiger partial charge in [-0.25, -0.2) is 8.42 Å². The standard InChI is InChI=1S/C21H18N2O3S/c1-15-11-12-19-18(13-15)17-9-5-6-10-20(17)27(25,26)23(19)14-21(24)22-16-7-3-2-4-8-16/h2-13H,14H2,1H3,(H,22,24). The third-order valence-corrected chi connectivity index (χ3v) is 6.33. The van der Waals surface area contributed by atoms with Crippen molar-refractivity contribution >= 4 is 27.3 Å². The molecule has 0 radical (unpaired) electrons. The summed E-state index contributed by atoms with van der Waals surface area (Å²) in [5.74, 6) is -0.393. The van der Waals surface area contributed by atoms with Gasteiger partial charge in [0.15, 0.2) is 0 Å². The van der Waals surface area contributed by atoms with Gasteiger partial charge < -0.3 is 5.32 Å². The molecule has 0 spiro atoms. The zero-order valence-corrected chi connectivity index (χ0v) is 15.5. The first-order valence-corrected chi connectivity index (χ1v) is 9.98. The second-order valence-corrected chi connectivity index (χ2v) is 8.27. The lowest BCUT2D eigenvalue weighted by Crippen LogP contribution is -2.40. The monoisotopic (exact) mass is 378 g/mol. The quantitative estimate of drug-likeness (QED) is 0.754. The van der Waals surface area contributed by atoms with Crippen molar-refractivity contribution in [2.24, 2.45) is 0 Å². The van der Waals surface area contributed by atoms with Crippen molar-refractivity contribution in [2.75, 3.05) is 16.2 Å². The van der Waals surface area contributed by atoms with Gasteiger partial charge in [0.2, 0.25) is 5.91 Å². The fraction of sp³-hybridized carbons (Fsp3) is 0.0952. The minimum Gasteiger partial charge on any atom is -0.325 e.